The van der Waals surface area contributed by atoms with E-state index in [-0.39, 0.29) is 24.2 Å². The number of rotatable bonds is 4. The summed E-state index contributed by atoms with van der Waals surface area (Å²) < 4.78 is 6.31. The van der Waals surface area contributed by atoms with Gasteiger partial charge in [-0.1, -0.05) is 28.1 Å². The van der Waals surface area contributed by atoms with Gasteiger partial charge in [0.05, 0.1) is 18.7 Å². The van der Waals surface area contributed by atoms with Crippen molar-refractivity contribution in [2.24, 2.45) is 5.92 Å². The van der Waals surface area contributed by atoms with Gasteiger partial charge in [0, 0.05) is 23.1 Å². The second-order valence-electron chi connectivity index (χ2n) is 6.03. The van der Waals surface area contributed by atoms with Crippen molar-refractivity contribution in [1.29, 1.82) is 0 Å². The van der Waals surface area contributed by atoms with Crippen LogP contribution in [0.2, 0.25) is 0 Å². The van der Waals surface area contributed by atoms with Gasteiger partial charge < -0.3 is 15.0 Å². The van der Waals surface area contributed by atoms with Crippen LogP contribution >= 0.6 is 15.9 Å². The van der Waals surface area contributed by atoms with Crippen LogP contribution in [0.1, 0.15) is 12.0 Å². The number of para-hydroxylation sites is 2. The highest BCUT2D eigenvalue weighted by atomic mass is 79.9. The average molecular weight is 403 g/mol. The lowest BCUT2D eigenvalue weighted by atomic mass is 10.1. The second kappa shape index (κ2) is 7.27. The molecule has 130 valence electrons. The van der Waals surface area contributed by atoms with Gasteiger partial charge in [-0.15, -0.1) is 0 Å². The van der Waals surface area contributed by atoms with Crippen molar-refractivity contribution in [3.05, 3.63) is 52.5 Å². The predicted molar refractivity (Wildman–Crippen MR) is 101 cm³/mol. The normalized spacial score (nSPS) is 16.8. The highest BCUT2D eigenvalue weighted by Crippen LogP contribution is 2.33. The molecule has 0 saturated carbocycles. The van der Waals surface area contributed by atoms with E-state index < -0.39 is 0 Å². The van der Waals surface area contributed by atoms with Crippen LogP contribution < -0.4 is 15.0 Å². The molecular weight excluding hydrogens is 384 g/mol. The monoisotopic (exact) mass is 402 g/mol. The van der Waals surface area contributed by atoms with Gasteiger partial charge in [0.15, 0.2) is 0 Å². The number of hydrogen-bond acceptors (Lipinski definition) is 3. The summed E-state index contributed by atoms with van der Waals surface area (Å²) >= 11 is 3.44. The summed E-state index contributed by atoms with van der Waals surface area (Å²) in [5, 5.41) is 2.90. The summed E-state index contributed by atoms with van der Waals surface area (Å²) in [6.07, 6.45) is 0.194. The smallest absolute Gasteiger partial charge is 0.229 e. The van der Waals surface area contributed by atoms with E-state index in [1.165, 1.54) is 0 Å². The average Bonchev–Trinajstić information content (AvgIpc) is 3.00. The van der Waals surface area contributed by atoms with Gasteiger partial charge in [-0.2, -0.15) is 0 Å². The Balaban J connectivity index is 1.73. The molecule has 0 aromatic heterocycles. The Bertz CT molecular complexity index is 822. The Hall–Kier alpha value is -2.34. The van der Waals surface area contributed by atoms with Gasteiger partial charge in [0.25, 0.3) is 0 Å². The highest BCUT2D eigenvalue weighted by molar-refractivity contribution is 9.10. The molecule has 0 bridgehead atoms. The van der Waals surface area contributed by atoms with Crippen molar-refractivity contribution in [3.63, 3.8) is 0 Å². The topological polar surface area (TPSA) is 58.6 Å². The van der Waals surface area contributed by atoms with Crippen LogP contribution in [0.15, 0.2) is 46.9 Å². The number of amides is 2. The van der Waals surface area contributed by atoms with Crippen LogP contribution in [0.3, 0.4) is 0 Å². The number of benzene rings is 2. The number of anilines is 2. The largest absolute Gasteiger partial charge is 0.495 e. The van der Waals surface area contributed by atoms with Gasteiger partial charge in [-0.3, -0.25) is 9.59 Å². The molecule has 1 unspecified atom stereocenters. The minimum Gasteiger partial charge on any atom is -0.495 e. The minimum atomic E-state index is -0.388. The molecule has 0 spiro atoms. The van der Waals surface area contributed by atoms with E-state index in [9.17, 15) is 9.59 Å². The minimum absolute atomic E-state index is 0.0726. The molecule has 1 heterocycles. The van der Waals surface area contributed by atoms with Crippen molar-refractivity contribution in [2.45, 2.75) is 13.3 Å². The summed E-state index contributed by atoms with van der Waals surface area (Å²) in [6, 6.07) is 13.0. The molecule has 25 heavy (non-hydrogen) atoms. The lowest BCUT2D eigenvalue weighted by molar-refractivity contribution is -0.122. The molecule has 0 radical (unpaired) electrons. The molecule has 2 aromatic carbocycles. The maximum Gasteiger partial charge on any atom is 0.229 e. The standard InChI is InChI=1S/C19H19BrN2O3/c1-12-9-14(7-8-15(12)20)21-19(24)13-10-18(23)22(11-13)16-5-3-4-6-17(16)25-2/h3-9,13H,10-11H2,1-2H3,(H,21,24). The van der Waals surface area contributed by atoms with E-state index in [2.05, 4.69) is 21.2 Å². The van der Waals surface area contributed by atoms with Gasteiger partial charge >= 0.3 is 0 Å². The second-order valence-corrected chi connectivity index (χ2v) is 6.88. The zero-order valence-electron chi connectivity index (χ0n) is 14.1. The van der Waals surface area contributed by atoms with Crippen LogP contribution in [0.25, 0.3) is 0 Å². The van der Waals surface area contributed by atoms with Gasteiger partial charge in [-0.25, -0.2) is 0 Å². The number of aryl methyl sites for hydroxylation is 1. The Morgan fingerprint density at radius 1 is 1.28 bits per heavy atom. The molecule has 3 rings (SSSR count). The third-order valence-electron chi connectivity index (χ3n) is 4.30. The highest BCUT2D eigenvalue weighted by Gasteiger charge is 2.36. The van der Waals surface area contributed by atoms with E-state index in [0.717, 1.165) is 15.7 Å². The third kappa shape index (κ3) is 3.69. The van der Waals surface area contributed by atoms with Crippen molar-refractivity contribution in [3.8, 4) is 5.75 Å². The van der Waals surface area contributed by atoms with Crippen LogP contribution in [0.4, 0.5) is 11.4 Å². The number of hydrogen-bond donors (Lipinski definition) is 1. The molecule has 2 amide bonds. The molecule has 0 aliphatic carbocycles. The lowest BCUT2D eigenvalue weighted by Gasteiger charge is -2.19. The van der Waals surface area contributed by atoms with E-state index >= 15 is 0 Å². The van der Waals surface area contributed by atoms with E-state index in [4.69, 9.17) is 4.74 Å². The number of carbonyl (C=O) groups is 2. The number of carbonyl (C=O) groups excluding carboxylic acids is 2. The maximum absolute atomic E-state index is 12.6. The zero-order chi connectivity index (χ0) is 18.0. The first-order chi connectivity index (χ1) is 12.0. The van der Waals surface area contributed by atoms with E-state index in [0.29, 0.717) is 18.0 Å². The molecule has 1 atom stereocenters. The lowest BCUT2D eigenvalue weighted by Crippen LogP contribution is -2.28. The van der Waals surface area contributed by atoms with Crippen molar-refractivity contribution in [1.82, 2.24) is 0 Å². The van der Waals surface area contributed by atoms with Crippen molar-refractivity contribution < 1.29 is 14.3 Å². The van der Waals surface area contributed by atoms with Crippen LogP contribution in [-0.4, -0.2) is 25.5 Å². The molecule has 1 aliphatic rings. The van der Waals surface area contributed by atoms with Crippen LogP contribution in [0, 0.1) is 12.8 Å². The number of ether oxygens (including phenoxy) is 1. The predicted octanol–water partition coefficient (Wildman–Crippen LogP) is 3.76. The third-order valence-corrected chi connectivity index (χ3v) is 5.19. The number of halogens is 1. The SMILES string of the molecule is COc1ccccc1N1CC(C(=O)Nc2ccc(Br)c(C)c2)CC1=O. The van der Waals surface area contributed by atoms with Crippen molar-refractivity contribution >= 4 is 39.1 Å². The molecule has 1 aliphatic heterocycles. The first kappa shape index (κ1) is 17.5. The fraction of sp³-hybridized carbons (Fsp3) is 0.263. The summed E-state index contributed by atoms with van der Waals surface area (Å²) in [4.78, 5) is 26.6. The summed E-state index contributed by atoms with van der Waals surface area (Å²) in [5.74, 6) is 0.0194. The zero-order valence-corrected chi connectivity index (χ0v) is 15.7. The molecule has 2 aromatic rings. The summed E-state index contributed by atoms with van der Waals surface area (Å²) in [7, 11) is 1.57. The van der Waals surface area contributed by atoms with Gasteiger partial charge in [0.1, 0.15) is 5.75 Å². The molecule has 1 fully saturated rings. The number of nitrogens with zero attached hydrogens (tertiary/aromatic N) is 1. The molecule has 6 heteroatoms. The molecule has 5 nitrogen and oxygen atoms in total. The number of nitrogens with one attached hydrogen (secondary N) is 1. The first-order valence-corrected chi connectivity index (χ1v) is 8.79. The van der Waals surface area contributed by atoms with Crippen LogP contribution in [-0.2, 0) is 9.59 Å². The molecule has 1 N–H and O–H groups in total. The van der Waals surface area contributed by atoms with Gasteiger partial charge in [-0.05, 0) is 42.8 Å². The fourth-order valence-corrected chi connectivity index (χ4v) is 3.18. The Labute approximate surface area is 155 Å². The molecular formula is C19H19BrN2O3. The van der Waals surface area contributed by atoms with Crippen LogP contribution in [0.5, 0.6) is 5.75 Å². The maximum atomic E-state index is 12.6. The quantitative estimate of drug-likeness (QED) is 0.846. The van der Waals surface area contributed by atoms with Gasteiger partial charge in [0.2, 0.25) is 11.8 Å². The summed E-state index contributed by atoms with van der Waals surface area (Å²) in [6.45, 7) is 2.31. The Morgan fingerprint density at radius 2 is 2.04 bits per heavy atom. The fourth-order valence-electron chi connectivity index (χ4n) is 2.94. The number of methoxy groups -OCH3 is 1. The Kier molecular flexibility index (Phi) is 5.08. The summed E-state index contributed by atoms with van der Waals surface area (Å²) in [5.41, 5.74) is 2.47. The Morgan fingerprint density at radius 3 is 2.76 bits per heavy atom. The van der Waals surface area contributed by atoms with Crippen molar-refractivity contribution in [2.75, 3.05) is 23.9 Å². The first-order valence-electron chi connectivity index (χ1n) is 8.00. The van der Waals surface area contributed by atoms with E-state index in [1.54, 1.807) is 18.1 Å². The van der Waals surface area contributed by atoms with E-state index in [1.807, 2.05) is 43.3 Å². The molecule has 1 saturated heterocycles.